The van der Waals surface area contributed by atoms with Crippen molar-refractivity contribution in [3.05, 3.63) is 33.3 Å². The first-order chi connectivity index (χ1) is 8.50. The molecule has 1 atom stereocenters. The van der Waals surface area contributed by atoms with Crippen LogP contribution in [0.25, 0.3) is 0 Å². The molecular formula is C14H19BrClNO. The van der Waals surface area contributed by atoms with Crippen LogP contribution in [0.5, 0.6) is 0 Å². The maximum atomic E-state index is 10.3. The Hall–Kier alpha value is -0.0900. The zero-order valence-electron chi connectivity index (χ0n) is 10.5. The molecule has 2 N–H and O–H groups in total. The van der Waals surface area contributed by atoms with Gasteiger partial charge in [0.1, 0.15) is 0 Å². The fourth-order valence-corrected chi connectivity index (χ4v) is 3.35. The van der Waals surface area contributed by atoms with Crippen LogP contribution in [0.3, 0.4) is 0 Å². The summed E-state index contributed by atoms with van der Waals surface area (Å²) in [5.41, 5.74) is 0.553. The van der Waals surface area contributed by atoms with Gasteiger partial charge in [0.2, 0.25) is 0 Å². The number of hydrogen-bond acceptors (Lipinski definition) is 2. The number of benzene rings is 1. The smallest absolute Gasteiger partial charge is 0.0771 e. The summed E-state index contributed by atoms with van der Waals surface area (Å²) in [7, 11) is 0. The van der Waals surface area contributed by atoms with Crippen molar-refractivity contribution in [3.8, 4) is 0 Å². The van der Waals surface area contributed by atoms with Crippen LogP contribution in [0.15, 0.2) is 22.7 Å². The fraction of sp³-hybridized carbons (Fsp3) is 0.571. The van der Waals surface area contributed by atoms with Gasteiger partial charge in [0, 0.05) is 22.1 Å². The second kappa shape index (κ2) is 5.91. The molecule has 1 unspecified atom stereocenters. The van der Waals surface area contributed by atoms with Crippen molar-refractivity contribution in [2.45, 2.75) is 44.2 Å². The van der Waals surface area contributed by atoms with E-state index in [0.29, 0.717) is 6.54 Å². The molecular weight excluding hydrogens is 314 g/mol. The molecule has 2 rings (SSSR count). The van der Waals surface area contributed by atoms with Gasteiger partial charge in [0.05, 0.1) is 5.60 Å². The summed E-state index contributed by atoms with van der Waals surface area (Å²) in [6.45, 7) is 2.72. The van der Waals surface area contributed by atoms with Crippen molar-refractivity contribution in [1.82, 2.24) is 5.32 Å². The maximum absolute atomic E-state index is 10.3. The average molecular weight is 333 g/mol. The van der Waals surface area contributed by atoms with E-state index in [1.807, 2.05) is 18.2 Å². The Balaban J connectivity index is 1.97. The molecule has 100 valence electrons. The molecule has 1 aliphatic carbocycles. The highest BCUT2D eigenvalue weighted by Crippen LogP contribution is 2.30. The van der Waals surface area contributed by atoms with Gasteiger partial charge in [-0.1, -0.05) is 46.4 Å². The number of nitrogens with one attached hydrogen (secondary N) is 1. The predicted molar refractivity (Wildman–Crippen MR) is 79.0 cm³/mol. The van der Waals surface area contributed by atoms with E-state index in [9.17, 15) is 5.11 Å². The Labute approximate surface area is 122 Å². The van der Waals surface area contributed by atoms with Crippen LogP contribution in [0, 0.1) is 0 Å². The molecule has 0 radical (unpaired) electrons. The van der Waals surface area contributed by atoms with Crippen molar-refractivity contribution in [2.24, 2.45) is 0 Å². The third-order valence-electron chi connectivity index (χ3n) is 3.70. The summed E-state index contributed by atoms with van der Waals surface area (Å²) in [5, 5.41) is 14.4. The minimum absolute atomic E-state index is 0.148. The second-order valence-corrected chi connectivity index (χ2v) is 6.52. The molecule has 4 heteroatoms. The molecule has 2 nitrogen and oxygen atoms in total. The van der Waals surface area contributed by atoms with Crippen LogP contribution in [0.2, 0.25) is 5.02 Å². The van der Waals surface area contributed by atoms with Gasteiger partial charge in [-0.3, -0.25) is 0 Å². The van der Waals surface area contributed by atoms with Crippen molar-refractivity contribution in [1.29, 1.82) is 0 Å². The van der Waals surface area contributed by atoms with Crippen LogP contribution < -0.4 is 5.32 Å². The lowest BCUT2D eigenvalue weighted by Crippen LogP contribution is -2.39. The van der Waals surface area contributed by atoms with Crippen molar-refractivity contribution < 1.29 is 5.11 Å². The molecule has 0 saturated heterocycles. The van der Waals surface area contributed by atoms with Gasteiger partial charge in [-0.15, -0.1) is 0 Å². The molecule has 1 fully saturated rings. The lowest BCUT2D eigenvalue weighted by atomic mass is 10.0. The minimum Gasteiger partial charge on any atom is -0.389 e. The quantitative estimate of drug-likeness (QED) is 0.871. The molecule has 1 saturated carbocycles. The van der Waals surface area contributed by atoms with Crippen LogP contribution in [0.1, 0.15) is 44.2 Å². The molecule has 0 heterocycles. The maximum Gasteiger partial charge on any atom is 0.0771 e. The van der Waals surface area contributed by atoms with E-state index in [1.54, 1.807) is 0 Å². The molecule has 0 aromatic heterocycles. The molecule has 18 heavy (non-hydrogen) atoms. The summed E-state index contributed by atoms with van der Waals surface area (Å²) in [4.78, 5) is 0. The Morgan fingerprint density at radius 1 is 1.44 bits per heavy atom. The highest BCUT2D eigenvalue weighted by Gasteiger charge is 2.31. The van der Waals surface area contributed by atoms with E-state index in [-0.39, 0.29) is 6.04 Å². The van der Waals surface area contributed by atoms with Gasteiger partial charge in [-0.25, -0.2) is 0 Å². The number of rotatable bonds is 4. The topological polar surface area (TPSA) is 32.3 Å². The summed E-state index contributed by atoms with van der Waals surface area (Å²) < 4.78 is 0.984. The number of hydrogen-bond donors (Lipinski definition) is 2. The predicted octanol–water partition coefficient (Wildman–Crippen LogP) is 4.06. The van der Waals surface area contributed by atoms with Crippen molar-refractivity contribution in [2.75, 3.05) is 6.54 Å². The zero-order chi connectivity index (χ0) is 13.2. The third-order valence-corrected chi connectivity index (χ3v) is 4.52. The monoisotopic (exact) mass is 331 g/mol. The molecule has 1 aromatic rings. The highest BCUT2D eigenvalue weighted by molar-refractivity contribution is 9.10. The Morgan fingerprint density at radius 2 is 2.11 bits per heavy atom. The molecule has 1 aliphatic rings. The lowest BCUT2D eigenvalue weighted by Gasteiger charge is -2.25. The Kier molecular flexibility index (Phi) is 4.70. The Morgan fingerprint density at radius 3 is 2.72 bits per heavy atom. The van der Waals surface area contributed by atoms with Gasteiger partial charge in [0.15, 0.2) is 0 Å². The van der Waals surface area contributed by atoms with E-state index in [0.717, 1.165) is 40.7 Å². The summed E-state index contributed by atoms with van der Waals surface area (Å²) in [6, 6.07) is 6.06. The molecule has 0 aliphatic heterocycles. The zero-order valence-corrected chi connectivity index (χ0v) is 12.9. The lowest BCUT2D eigenvalue weighted by molar-refractivity contribution is 0.0453. The molecule has 0 bridgehead atoms. The molecule has 0 amide bonds. The van der Waals surface area contributed by atoms with Crippen LogP contribution in [0.4, 0.5) is 0 Å². The van der Waals surface area contributed by atoms with Gasteiger partial charge in [-0.2, -0.15) is 0 Å². The van der Waals surface area contributed by atoms with Crippen LogP contribution >= 0.6 is 27.5 Å². The number of halogens is 2. The minimum atomic E-state index is -0.518. The van der Waals surface area contributed by atoms with Crippen molar-refractivity contribution >= 4 is 27.5 Å². The van der Waals surface area contributed by atoms with Gasteiger partial charge >= 0.3 is 0 Å². The largest absolute Gasteiger partial charge is 0.389 e. The SMILES string of the molecule is CC(NCC1(O)CCCC1)c1ccc(Br)cc1Cl. The standard InChI is InChI=1S/C14H19BrClNO/c1-10(12-5-4-11(15)8-13(12)16)17-9-14(18)6-2-3-7-14/h4-5,8,10,17-18H,2-3,6-7,9H2,1H3. The fourth-order valence-electron chi connectivity index (χ4n) is 2.52. The molecule has 0 spiro atoms. The summed E-state index contributed by atoms with van der Waals surface area (Å²) in [5.74, 6) is 0. The van der Waals surface area contributed by atoms with E-state index in [1.165, 1.54) is 0 Å². The number of aliphatic hydroxyl groups is 1. The van der Waals surface area contributed by atoms with Crippen LogP contribution in [-0.4, -0.2) is 17.3 Å². The van der Waals surface area contributed by atoms with Gasteiger partial charge in [-0.05, 0) is 37.5 Å². The van der Waals surface area contributed by atoms with E-state index >= 15 is 0 Å². The normalized spacial score (nSPS) is 20.0. The van der Waals surface area contributed by atoms with E-state index in [2.05, 4.69) is 28.2 Å². The summed E-state index contributed by atoms with van der Waals surface area (Å²) >= 11 is 9.62. The third kappa shape index (κ3) is 3.47. The first-order valence-corrected chi connectivity index (χ1v) is 7.58. The first-order valence-electron chi connectivity index (χ1n) is 6.41. The van der Waals surface area contributed by atoms with Crippen molar-refractivity contribution in [3.63, 3.8) is 0 Å². The Bertz CT molecular complexity index is 418. The van der Waals surface area contributed by atoms with Gasteiger partial charge in [0.25, 0.3) is 0 Å². The second-order valence-electron chi connectivity index (χ2n) is 5.20. The first kappa shape index (κ1) is 14.3. The summed E-state index contributed by atoms with van der Waals surface area (Å²) in [6.07, 6.45) is 4.07. The van der Waals surface area contributed by atoms with Crippen LogP contribution in [-0.2, 0) is 0 Å². The van der Waals surface area contributed by atoms with Gasteiger partial charge < -0.3 is 10.4 Å². The van der Waals surface area contributed by atoms with E-state index < -0.39 is 5.60 Å². The average Bonchev–Trinajstić information content (AvgIpc) is 2.74. The molecule has 1 aromatic carbocycles. The highest BCUT2D eigenvalue weighted by atomic mass is 79.9. The van der Waals surface area contributed by atoms with E-state index in [4.69, 9.17) is 11.6 Å².